The van der Waals surface area contributed by atoms with Crippen molar-refractivity contribution < 1.29 is 23.2 Å². The van der Waals surface area contributed by atoms with Gasteiger partial charge < -0.3 is 10.2 Å². The maximum atomic E-state index is 14.4. The van der Waals surface area contributed by atoms with Gasteiger partial charge in [0.25, 0.3) is 11.8 Å². The predicted molar refractivity (Wildman–Crippen MR) is 132 cm³/mol. The van der Waals surface area contributed by atoms with Crippen LogP contribution in [-0.4, -0.2) is 85.4 Å². The molecule has 1 atom stereocenters. The number of benzene rings is 1. The Labute approximate surface area is 214 Å². The van der Waals surface area contributed by atoms with E-state index >= 15 is 0 Å². The Bertz CT molecular complexity index is 1040. The van der Waals surface area contributed by atoms with Crippen molar-refractivity contribution >= 4 is 35.1 Å². The lowest BCUT2D eigenvalue weighted by Crippen LogP contribution is -2.60. The highest BCUT2D eigenvalue weighted by atomic mass is 35.5. The van der Waals surface area contributed by atoms with Gasteiger partial charge in [-0.2, -0.15) is 0 Å². The number of nitrogens with one attached hydrogen (secondary N) is 2. The van der Waals surface area contributed by atoms with Gasteiger partial charge in [0, 0.05) is 31.6 Å². The minimum atomic E-state index is -2.69. The van der Waals surface area contributed by atoms with Gasteiger partial charge in [0.1, 0.15) is 0 Å². The second-order valence-electron chi connectivity index (χ2n) is 10.5. The summed E-state index contributed by atoms with van der Waals surface area (Å²) < 4.78 is 28.8. The fourth-order valence-corrected chi connectivity index (χ4v) is 6.32. The SMILES string of the molecule is O=C1CCN(c2cc(C(=O)N3CCC4(CC3)CCN(C3CCNCC3(F)F)CC4)ccc2Cl)C(=O)N1. The van der Waals surface area contributed by atoms with E-state index < -0.39 is 18.0 Å². The highest BCUT2D eigenvalue weighted by Gasteiger charge is 2.47. The molecule has 1 unspecified atom stereocenters. The quantitative estimate of drug-likeness (QED) is 0.636. The molecule has 1 aromatic rings. The molecule has 0 radical (unpaired) electrons. The average Bonchev–Trinajstić information content (AvgIpc) is 2.85. The monoisotopic (exact) mass is 523 g/mol. The van der Waals surface area contributed by atoms with Gasteiger partial charge in [0.05, 0.1) is 23.3 Å². The smallest absolute Gasteiger partial charge is 0.328 e. The van der Waals surface area contributed by atoms with Crippen LogP contribution >= 0.6 is 11.6 Å². The Morgan fingerprint density at radius 3 is 2.39 bits per heavy atom. The molecule has 8 nitrogen and oxygen atoms in total. The van der Waals surface area contributed by atoms with E-state index in [-0.39, 0.29) is 36.7 Å². The summed E-state index contributed by atoms with van der Waals surface area (Å²) in [4.78, 5) is 42.2. The molecule has 4 aliphatic heterocycles. The molecule has 5 rings (SSSR count). The van der Waals surface area contributed by atoms with E-state index in [0.29, 0.717) is 55.4 Å². The fourth-order valence-electron chi connectivity index (χ4n) is 6.10. The molecule has 4 aliphatic rings. The number of carbonyl (C=O) groups is 3. The van der Waals surface area contributed by atoms with Crippen molar-refractivity contribution in [1.29, 1.82) is 0 Å². The number of likely N-dealkylation sites (tertiary alicyclic amines) is 2. The maximum absolute atomic E-state index is 14.4. The third-order valence-corrected chi connectivity index (χ3v) is 8.71. The maximum Gasteiger partial charge on any atom is 0.328 e. The third-order valence-electron chi connectivity index (χ3n) is 8.39. The van der Waals surface area contributed by atoms with Gasteiger partial charge in [-0.3, -0.25) is 24.7 Å². The first-order valence-electron chi connectivity index (χ1n) is 12.7. The first-order chi connectivity index (χ1) is 17.2. The lowest BCUT2D eigenvalue weighted by Gasteiger charge is -2.50. The first-order valence-corrected chi connectivity index (χ1v) is 13.1. The van der Waals surface area contributed by atoms with E-state index in [1.807, 2.05) is 9.80 Å². The van der Waals surface area contributed by atoms with Gasteiger partial charge >= 0.3 is 6.03 Å². The Kier molecular flexibility index (Phi) is 6.95. The zero-order valence-electron chi connectivity index (χ0n) is 20.2. The summed E-state index contributed by atoms with van der Waals surface area (Å²) in [5, 5.41) is 5.41. The van der Waals surface area contributed by atoms with Crippen molar-refractivity contribution in [2.24, 2.45) is 5.41 Å². The molecule has 1 spiro atoms. The van der Waals surface area contributed by atoms with Crippen molar-refractivity contribution in [3.8, 4) is 0 Å². The predicted octanol–water partition coefficient (Wildman–Crippen LogP) is 3.10. The Balaban J connectivity index is 1.19. The minimum absolute atomic E-state index is 0.0963. The first kappa shape index (κ1) is 25.4. The normalized spacial score (nSPS) is 26.7. The van der Waals surface area contributed by atoms with E-state index in [0.717, 1.165) is 25.7 Å². The van der Waals surface area contributed by atoms with Crippen LogP contribution in [0.25, 0.3) is 0 Å². The van der Waals surface area contributed by atoms with Gasteiger partial charge in [0.2, 0.25) is 5.91 Å². The zero-order chi connectivity index (χ0) is 25.5. The highest BCUT2D eigenvalue weighted by molar-refractivity contribution is 6.34. The molecule has 4 fully saturated rings. The molecule has 0 bridgehead atoms. The Morgan fingerprint density at radius 2 is 1.72 bits per heavy atom. The summed E-state index contributed by atoms with van der Waals surface area (Å²) in [6.45, 7) is 3.16. The molecule has 11 heteroatoms. The standard InChI is InChI=1S/C25H32ClF2N5O3/c26-18-2-1-17(15-19(18)33-10-4-21(34)30-23(33)36)22(35)32-13-7-24(8-14-32)5-11-31(12-6-24)20-3-9-29-16-25(20,27)28/h1-2,15,20,29H,3-14,16H2,(H,30,34,36). The molecule has 196 valence electrons. The number of alkyl halides is 2. The Morgan fingerprint density at radius 1 is 1.03 bits per heavy atom. The molecule has 36 heavy (non-hydrogen) atoms. The molecule has 2 N–H and O–H groups in total. The number of nitrogens with zero attached hydrogens (tertiary/aromatic N) is 3. The fraction of sp³-hybridized carbons (Fsp3) is 0.640. The number of carbonyl (C=O) groups excluding carboxylic acids is 3. The summed E-state index contributed by atoms with van der Waals surface area (Å²) in [5.74, 6) is -3.15. The van der Waals surface area contributed by atoms with E-state index in [1.165, 1.54) is 4.90 Å². The lowest BCUT2D eigenvalue weighted by molar-refractivity contribution is -0.120. The summed E-state index contributed by atoms with van der Waals surface area (Å²) >= 11 is 6.32. The number of piperidine rings is 3. The van der Waals surface area contributed by atoms with Crippen molar-refractivity contribution in [2.75, 3.05) is 50.7 Å². The third kappa shape index (κ3) is 4.95. The molecule has 0 aromatic heterocycles. The van der Waals surface area contributed by atoms with E-state index in [4.69, 9.17) is 11.6 Å². The van der Waals surface area contributed by atoms with E-state index in [2.05, 4.69) is 10.6 Å². The van der Waals surface area contributed by atoms with E-state index in [9.17, 15) is 23.2 Å². The van der Waals surface area contributed by atoms with Crippen LogP contribution in [0.1, 0.15) is 48.9 Å². The molecular formula is C25H32ClF2N5O3. The summed E-state index contributed by atoms with van der Waals surface area (Å²) in [6, 6.07) is 3.64. The summed E-state index contributed by atoms with van der Waals surface area (Å²) in [5.41, 5.74) is 0.945. The molecule has 0 aliphatic carbocycles. The van der Waals surface area contributed by atoms with Gasteiger partial charge in [-0.05, 0) is 75.4 Å². The molecule has 4 saturated heterocycles. The minimum Gasteiger partial charge on any atom is -0.339 e. The van der Waals surface area contributed by atoms with Crippen molar-refractivity contribution in [2.45, 2.75) is 50.5 Å². The highest BCUT2D eigenvalue weighted by Crippen LogP contribution is 2.43. The molecule has 0 saturated carbocycles. The number of anilines is 1. The van der Waals surface area contributed by atoms with E-state index in [1.54, 1.807) is 18.2 Å². The second kappa shape index (κ2) is 9.87. The number of halogens is 3. The average molecular weight is 524 g/mol. The van der Waals surface area contributed by atoms with Crippen LogP contribution in [0.15, 0.2) is 18.2 Å². The summed E-state index contributed by atoms with van der Waals surface area (Å²) in [6.07, 6.45) is 4.10. The van der Waals surface area contributed by atoms with Crippen LogP contribution in [-0.2, 0) is 4.79 Å². The van der Waals surface area contributed by atoms with Gasteiger partial charge in [-0.25, -0.2) is 13.6 Å². The second-order valence-corrected chi connectivity index (χ2v) is 10.9. The van der Waals surface area contributed by atoms with Crippen LogP contribution < -0.4 is 15.5 Å². The topological polar surface area (TPSA) is 85.0 Å². The number of urea groups is 1. The van der Waals surface area contributed by atoms with Crippen molar-refractivity contribution in [3.05, 3.63) is 28.8 Å². The Hall–Kier alpha value is -2.30. The number of hydrogen-bond donors (Lipinski definition) is 2. The van der Waals surface area contributed by atoms with Crippen molar-refractivity contribution in [1.82, 2.24) is 20.4 Å². The van der Waals surface area contributed by atoms with Gasteiger partial charge in [-0.15, -0.1) is 0 Å². The number of amides is 4. The van der Waals surface area contributed by atoms with Crippen LogP contribution in [0.5, 0.6) is 0 Å². The summed E-state index contributed by atoms with van der Waals surface area (Å²) in [7, 11) is 0. The number of hydrogen-bond acceptors (Lipinski definition) is 5. The molecule has 4 amide bonds. The number of imide groups is 1. The lowest BCUT2D eigenvalue weighted by atomic mass is 9.70. The largest absolute Gasteiger partial charge is 0.339 e. The molecule has 1 aromatic carbocycles. The van der Waals surface area contributed by atoms with Crippen molar-refractivity contribution in [3.63, 3.8) is 0 Å². The van der Waals surface area contributed by atoms with Crippen LogP contribution in [0.2, 0.25) is 5.02 Å². The van der Waals surface area contributed by atoms with Gasteiger partial charge in [0.15, 0.2) is 0 Å². The van der Waals surface area contributed by atoms with Gasteiger partial charge in [-0.1, -0.05) is 11.6 Å². The molecular weight excluding hydrogens is 492 g/mol. The van der Waals surface area contributed by atoms with Crippen LogP contribution in [0.3, 0.4) is 0 Å². The van der Waals surface area contributed by atoms with Crippen LogP contribution in [0, 0.1) is 5.41 Å². The van der Waals surface area contributed by atoms with Crippen LogP contribution in [0.4, 0.5) is 19.3 Å². The molecule has 4 heterocycles. The zero-order valence-corrected chi connectivity index (χ0v) is 21.0. The number of rotatable bonds is 3.